The third kappa shape index (κ3) is 76.7. The minimum atomic E-state index is -0.316. The number of unbranched alkanes of at least 4 members (excludes halogenated alkanes) is 44. The van der Waals surface area contributed by atoms with Crippen molar-refractivity contribution in [2.75, 3.05) is 78.5 Å². The molecule has 1 aromatic carbocycles. The number of esters is 5. The Bertz CT molecular complexity index is 2680. The second-order valence-corrected chi connectivity index (χ2v) is 39.8. The van der Waals surface area contributed by atoms with E-state index in [1.165, 1.54) is 89.9 Å². The van der Waals surface area contributed by atoms with Crippen LogP contribution in [0.1, 0.15) is 576 Å². The van der Waals surface area contributed by atoms with Crippen LogP contribution >= 0.6 is 0 Å². The molecule has 0 aliphatic carbocycles. The summed E-state index contributed by atoms with van der Waals surface area (Å²) in [4.78, 5) is 115. The van der Waals surface area contributed by atoms with E-state index < -0.39 is 0 Å². The standard InChI is InChI=1S/C115H214N6O13/c1-12-23-29-30-31-32-33-39-50-66-88-119(89-67-51-40-34-45-61-80-108(122)130-103(18-7)75-56-24-13-2)94-72-85-116-113(127)100-97-101(114(128)117-86-73-95-120(90-68-52-41-35-46-62-81-109(123)131-104(19-8)76-57-25-14-3)91-69-53-42-36-47-63-82-110(124)132-105(20-9)77-58-26-15-4)99-102(98-100)115(129)118-87-74-96-121(92-70-54-43-37-48-64-83-111(125)133-106(21-10)78-59-27-16-5)93-71-55-44-38-49-65-84-112(126)134-107(22-11)79-60-28-17-6/h97-99,103-107H,12-96H2,1-11H3,(H,116,127)(H,117,128)(H,118,129). The zero-order chi connectivity index (χ0) is 97.9. The lowest BCUT2D eigenvalue weighted by atomic mass is 10.0. The van der Waals surface area contributed by atoms with Gasteiger partial charge in [0.1, 0.15) is 30.5 Å². The highest BCUT2D eigenvalue weighted by Crippen LogP contribution is 2.23. The summed E-state index contributed by atoms with van der Waals surface area (Å²) in [6.45, 7) is 33.5. The molecule has 134 heavy (non-hydrogen) atoms. The van der Waals surface area contributed by atoms with Crippen LogP contribution in [0.25, 0.3) is 0 Å². The first kappa shape index (κ1) is 127. The highest BCUT2D eigenvalue weighted by molar-refractivity contribution is 6.04. The van der Waals surface area contributed by atoms with Crippen LogP contribution in [0.4, 0.5) is 0 Å². The van der Waals surface area contributed by atoms with Crippen molar-refractivity contribution >= 4 is 47.6 Å². The Balaban J connectivity index is 3.45. The molecule has 3 amide bonds. The molecule has 0 bridgehead atoms. The van der Waals surface area contributed by atoms with Gasteiger partial charge in [0.15, 0.2) is 0 Å². The smallest absolute Gasteiger partial charge is 0.306 e. The Morgan fingerprint density at radius 3 is 0.522 bits per heavy atom. The number of ether oxygens (including phenoxy) is 5. The van der Waals surface area contributed by atoms with Crippen LogP contribution in [-0.2, 0) is 47.7 Å². The molecule has 1 rings (SSSR count). The summed E-state index contributed by atoms with van der Waals surface area (Å²) in [6.07, 6.45) is 75.5. The Kier molecular flexibility index (Phi) is 89.1. The maximum absolute atomic E-state index is 14.6. The van der Waals surface area contributed by atoms with Crippen LogP contribution in [-0.4, -0.2) is 171 Å². The van der Waals surface area contributed by atoms with Crippen molar-refractivity contribution in [3.63, 3.8) is 0 Å². The van der Waals surface area contributed by atoms with Crippen LogP contribution in [0.5, 0.6) is 0 Å². The molecule has 0 aliphatic rings. The molecule has 0 heterocycles. The topological polar surface area (TPSA) is 229 Å². The highest BCUT2D eigenvalue weighted by Gasteiger charge is 2.22. The lowest BCUT2D eigenvalue weighted by molar-refractivity contribution is -0.150. The summed E-state index contributed by atoms with van der Waals surface area (Å²) in [7, 11) is 0. The van der Waals surface area contributed by atoms with E-state index in [9.17, 15) is 38.4 Å². The Morgan fingerprint density at radius 1 is 0.201 bits per heavy atom. The number of carbonyl (C=O) groups excluding carboxylic acids is 8. The number of carbonyl (C=O) groups is 8. The van der Waals surface area contributed by atoms with Gasteiger partial charge >= 0.3 is 29.8 Å². The van der Waals surface area contributed by atoms with Gasteiger partial charge < -0.3 is 54.3 Å². The Hall–Kier alpha value is -5.14. The van der Waals surface area contributed by atoms with E-state index in [1.54, 1.807) is 18.2 Å². The van der Waals surface area contributed by atoms with E-state index in [4.69, 9.17) is 23.7 Å². The molecule has 0 saturated heterocycles. The van der Waals surface area contributed by atoms with E-state index >= 15 is 0 Å². The number of nitrogens with one attached hydrogen (secondary N) is 3. The highest BCUT2D eigenvalue weighted by atomic mass is 16.6. The van der Waals surface area contributed by atoms with Gasteiger partial charge in [-0.1, -0.05) is 327 Å². The second-order valence-electron chi connectivity index (χ2n) is 39.8. The lowest BCUT2D eigenvalue weighted by Crippen LogP contribution is -2.33. The number of hydrogen-bond acceptors (Lipinski definition) is 16. The fraction of sp³-hybridized carbons (Fsp3) is 0.878. The third-order valence-electron chi connectivity index (χ3n) is 27.3. The Morgan fingerprint density at radius 2 is 0.351 bits per heavy atom. The number of benzene rings is 1. The molecule has 0 saturated carbocycles. The second kappa shape index (κ2) is 94.1. The quantitative estimate of drug-likeness (QED) is 0.0313. The van der Waals surface area contributed by atoms with Crippen LogP contribution < -0.4 is 16.0 Å². The number of hydrogen-bond donors (Lipinski definition) is 3. The maximum Gasteiger partial charge on any atom is 0.306 e. The molecule has 1 aromatic rings. The minimum Gasteiger partial charge on any atom is -0.462 e. The SMILES string of the molecule is CCCCCCCCCCCCN(CCCCCCCCC(=O)OC(CC)CCCCC)CCCNC(=O)c1cc(C(=O)NCCCN(CCCCCCCCC(=O)OC(CC)CCCCC)CCCCCCCCC(=O)OC(CC)CCCCC)cc(C(=O)NCCCN(CCCCCCCCC(=O)OC(CC)CCCCC)CCCCCCCCC(=O)OC(CC)CCCCC)c1. The largest absolute Gasteiger partial charge is 0.462 e. The molecule has 5 unspecified atom stereocenters. The van der Waals surface area contributed by atoms with E-state index in [1.807, 2.05) is 0 Å². The predicted molar refractivity (Wildman–Crippen MR) is 562 cm³/mol. The fourth-order valence-corrected chi connectivity index (χ4v) is 18.3. The van der Waals surface area contributed by atoms with Crippen molar-refractivity contribution in [2.45, 2.75) is 575 Å². The molecule has 0 spiro atoms. The first-order valence-corrected chi connectivity index (χ1v) is 57.6. The summed E-state index contributed by atoms with van der Waals surface area (Å²) in [5.74, 6) is -1.22. The summed E-state index contributed by atoms with van der Waals surface area (Å²) in [6, 6.07) is 4.96. The van der Waals surface area contributed by atoms with Crippen molar-refractivity contribution in [2.24, 2.45) is 0 Å². The van der Waals surface area contributed by atoms with Gasteiger partial charge in [-0.15, -0.1) is 0 Å². The van der Waals surface area contributed by atoms with E-state index in [2.05, 4.69) is 107 Å². The summed E-state index contributed by atoms with van der Waals surface area (Å²) >= 11 is 0. The zero-order valence-corrected chi connectivity index (χ0v) is 89.4. The van der Waals surface area contributed by atoms with E-state index in [0.717, 1.165) is 406 Å². The first-order valence-electron chi connectivity index (χ1n) is 57.6. The lowest BCUT2D eigenvalue weighted by Gasteiger charge is -2.23. The fourth-order valence-electron chi connectivity index (χ4n) is 18.3. The van der Waals surface area contributed by atoms with Gasteiger partial charge in [-0.2, -0.15) is 0 Å². The van der Waals surface area contributed by atoms with Gasteiger partial charge in [0.25, 0.3) is 17.7 Å². The van der Waals surface area contributed by atoms with Crippen molar-refractivity contribution in [3.05, 3.63) is 34.9 Å². The molecule has 19 nitrogen and oxygen atoms in total. The van der Waals surface area contributed by atoms with E-state index in [-0.39, 0.29) is 94.8 Å². The predicted octanol–water partition coefficient (Wildman–Crippen LogP) is 30.0. The monoisotopic (exact) mass is 1890 g/mol. The molecule has 5 atom stereocenters. The molecular formula is C115H214N6O13. The maximum atomic E-state index is 14.6. The van der Waals surface area contributed by atoms with Gasteiger partial charge in [0.2, 0.25) is 0 Å². The van der Waals surface area contributed by atoms with Gasteiger partial charge in [0.05, 0.1) is 0 Å². The Labute approximate surface area is 824 Å². The molecule has 0 aliphatic heterocycles. The van der Waals surface area contributed by atoms with Crippen molar-refractivity contribution in [1.29, 1.82) is 0 Å². The van der Waals surface area contributed by atoms with E-state index in [0.29, 0.717) is 51.7 Å². The van der Waals surface area contributed by atoms with Gasteiger partial charge in [-0.25, -0.2) is 0 Å². The number of nitrogens with zero attached hydrogens (tertiary/aromatic N) is 3. The summed E-state index contributed by atoms with van der Waals surface area (Å²) < 4.78 is 29.2. The average molecular weight is 1890 g/mol. The third-order valence-corrected chi connectivity index (χ3v) is 27.3. The van der Waals surface area contributed by atoms with Crippen LogP contribution in [0.2, 0.25) is 0 Å². The number of rotatable bonds is 101. The van der Waals surface area contributed by atoms with Gasteiger partial charge in [0, 0.05) is 68.4 Å². The van der Waals surface area contributed by atoms with Crippen molar-refractivity contribution in [1.82, 2.24) is 30.7 Å². The molecule has 782 valence electrons. The van der Waals surface area contributed by atoms with Crippen molar-refractivity contribution < 1.29 is 62.0 Å². The van der Waals surface area contributed by atoms with Gasteiger partial charge in [-0.05, 0) is 263 Å². The minimum absolute atomic E-state index is 0.0293. The van der Waals surface area contributed by atoms with Crippen LogP contribution in [0.15, 0.2) is 18.2 Å². The molecular weight excluding hydrogens is 1670 g/mol. The molecule has 0 fully saturated rings. The molecule has 19 heteroatoms. The average Bonchev–Trinajstić information content (AvgIpc) is 0.824. The van der Waals surface area contributed by atoms with Crippen molar-refractivity contribution in [3.8, 4) is 0 Å². The summed E-state index contributed by atoms with van der Waals surface area (Å²) in [5.41, 5.74) is 0.851. The first-order chi connectivity index (χ1) is 65.5. The molecule has 0 radical (unpaired) electrons. The summed E-state index contributed by atoms with van der Waals surface area (Å²) in [5, 5.41) is 9.64. The van der Waals surface area contributed by atoms with Crippen LogP contribution in [0.3, 0.4) is 0 Å². The normalized spacial score (nSPS) is 12.7. The molecule has 0 aromatic heterocycles. The van der Waals surface area contributed by atoms with Crippen LogP contribution in [0, 0.1) is 0 Å². The van der Waals surface area contributed by atoms with Gasteiger partial charge in [-0.3, -0.25) is 38.4 Å². The number of amides is 3. The molecule has 3 N–H and O–H groups in total. The zero-order valence-electron chi connectivity index (χ0n) is 89.4.